The summed E-state index contributed by atoms with van der Waals surface area (Å²) in [6, 6.07) is 13.5. The molecule has 0 aliphatic carbocycles. The molecule has 0 N–H and O–H groups in total. The van der Waals surface area contributed by atoms with Crippen LogP contribution in [0.5, 0.6) is 0 Å². The van der Waals surface area contributed by atoms with Crippen molar-refractivity contribution in [1.82, 2.24) is 0 Å². The van der Waals surface area contributed by atoms with E-state index in [2.05, 4.69) is 71.0 Å². The van der Waals surface area contributed by atoms with Gasteiger partial charge in [-0.3, -0.25) is 9.98 Å². The summed E-state index contributed by atoms with van der Waals surface area (Å²) in [5.74, 6) is 0. The highest BCUT2D eigenvalue weighted by atomic mass is 14.8. The van der Waals surface area contributed by atoms with E-state index in [9.17, 15) is 0 Å². The van der Waals surface area contributed by atoms with E-state index >= 15 is 0 Å². The molecule has 2 aromatic rings. The lowest BCUT2D eigenvalue weighted by Gasteiger charge is -2.10. The summed E-state index contributed by atoms with van der Waals surface area (Å²) < 4.78 is 0. The summed E-state index contributed by atoms with van der Waals surface area (Å²) in [6.07, 6.45) is 15.9. The van der Waals surface area contributed by atoms with Gasteiger partial charge in [0.05, 0.1) is 17.1 Å². The minimum Gasteiger partial charge on any atom is -0.255 e. The van der Waals surface area contributed by atoms with Crippen LogP contribution in [0.15, 0.2) is 46.4 Å². The van der Waals surface area contributed by atoms with Crippen molar-refractivity contribution in [3.63, 3.8) is 0 Å². The molecule has 0 aliphatic rings. The van der Waals surface area contributed by atoms with Gasteiger partial charge < -0.3 is 0 Å². The van der Waals surface area contributed by atoms with Crippen LogP contribution in [0.2, 0.25) is 0 Å². The third-order valence-electron chi connectivity index (χ3n) is 6.13. The van der Waals surface area contributed by atoms with Crippen LogP contribution in [0.25, 0.3) is 0 Å². The Morgan fingerprint density at radius 2 is 1.12 bits per heavy atom. The number of hydrogen-bond donors (Lipinski definition) is 0. The maximum atomic E-state index is 5.06. The zero-order chi connectivity index (χ0) is 23.9. The molecule has 0 radical (unpaired) electrons. The van der Waals surface area contributed by atoms with Crippen LogP contribution in [-0.2, 0) is 25.7 Å². The zero-order valence-corrected chi connectivity index (χ0v) is 21.9. The van der Waals surface area contributed by atoms with E-state index in [1.165, 1.54) is 60.8 Å². The molecule has 0 atom stereocenters. The van der Waals surface area contributed by atoms with Crippen LogP contribution in [0, 0.1) is 0 Å². The van der Waals surface area contributed by atoms with Gasteiger partial charge >= 0.3 is 0 Å². The largest absolute Gasteiger partial charge is 0.255 e. The van der Waals surface area contributed by atoms with Gasteiger partial charge in [-0.25, -0.2) is 0 Å². The summed E-state index contributed by atoms with van der Waals surface area (Å²) in [4.78, 5) is 9.94. The van der Waals surface area contributed by atoms with Crippen molar-refractivity contribution in [3.05, 3.63) is 58.7 Å². The number of aryl methyl sites for hydroxylation is 4. The van der Waals surface area contributed by atoms with Gasteiger partial charge in [0.1, 0.15) is 0 Å². The summed E-state index contributed by atoms with van der Waals surface area (Å²) in [5.41, 5.74) is 9.08. The Hall–Kier alpha value is -2.22. The Morgan fingerprint density at radius 1 is 0.606 bits per heavy atom. The van der Waals surface area contributed by atoms with E-state index in [1.807, 2.05) is 6.21 Å². The standard InChI is InChI=1S/C31H46N2/c1-6-11-12-17-31(33-30-21-19-26(14-8-3)28(23-30)16-10-5)24-32-29-20-18-25(13-7-2)27(22-29)15-9-4/h18-24H,6-17H2,1-5H3. The van der Waals surface area contributed by atoms with Crippen LogP contribution < -0.4 is 0 Å². The van der Waals surface area contributed by atoms with Crippen molar-refractivity contribution in [2.24, 2.45) is 9.98 Å². The van der Waals surface area contributed by atoms with E-state index in [0.29, 0.717) is 0 Å². The number of nitrogens with zero attached hydrogens (tertiary/aromatic N) is 2. The molecule has 2 heteroatoms. The fraction of sp³-hybridized carbons (Fsp3) is 0.548. The third kappa shape index (κ3) is 9.27. The van der Waals surface area contributed by atoms with Crippen molar-refractivity contribution >= 4 is 23.3 Å². The molecule has 2 aromatic carbocycles. The predicted molar refractivity (Wildman–Crippen MR) is 148 cm³/mol. The van der Waals surface area contributed by atoms with Gasteiger partial charge in [-0.15, -0.1) is 0 Å². The quantitative estimate of drug-likeness (QED) is 0.192. The molecule has 0 unspecified atom stereocenters. The summed E-state index contributed by atoms with van der Waals surface area (Å²) in [6.45, 7) is 11.3. The zero-order valence-electron chi connectivity index (χ0n) is 21.9. The van der Waals surface area contributed by atoms with E-state index < -0.39 is 0 Å². The average Bonchev–Trinajstić information content (AvgIpc) is 2.81. The number of hydrogen-bond acceptors (Lipinski definition) is 2. The van der Waals surface area contributed by atoms with Crippen molar-refractivity contribution in [3.8, 4) is 0 Å². The van der Waals surface area contributed by atoms with E-state index in [-0.39, 0.29) is 0 Å². The third-order valence-corrected chi connectivity index (χ3v) is 6.13. The van der Waals surface area contributed by atoms with Gasteiger partial charge in [-0.1, -0.05) is 85.3 Å². The second-order valence-corrected chi connectivity index (χ2v) is 9.22. The lowest BCUT2D eigenvalue weighted by atomic mass is 9.99. The minimum absolute atomic E-state index is 0.979. The van der Waals surface area contributed by atoms with Gasteiger partial charge in [-0.2, -0.15) is 0 Å². The van der Waals surface area contributed by atoms with Crippen LogP contribution in [0.4, 0.5) is 11.4 Å². The Morgan fingerprint density at radius 3 is 1.67 bits per heavy atom. The predicted octanol–water partition coefficient (Wildman–Crippen LogP) is 9.55. The van der Waals surface area contributed by atoms with Crippen molar-refractivity contribution in [1.29, 1.82) is 0 Å². The summed E-state index contributed by atoms with van der Waals surface area (Å²) in [5, 5.41) is 0. The Balaban J connectivity index is 2.32. The van der Waals surface area contributed by atoms with Gasteiger partial charge in [0.15, 0.2) is 0 Å². The Labute approximate surface area is 203 Å². The van der Waals surface area contributed by atoms with Crippen LogP contribution in [-0.4, -0.2) is 11.9 Å². The second kappa shape index (κ2) is 15.6. The first-order chi connectivity index (χ1) is 16.1. The average molecular weight is 447 g/mol. The first-order valence-electron chi connectivity index (χ1n) is 13.5. The van der Waals surface area contributed by atoms with E-state index in [1.54, 1.807) is 0 Å². The summed E-state index contributed by atoms with van der Waals surface area (Å²) in [7, 11) is 0. The molecule has 0 bridgehead atoms. The molecule has 2 rings (SSSR count). The normalized spacial score (nSPS) is 12.1. The molecule has 0 fully saturated rings. The van der Waals surface area contributed by atoms with E-state index in [4.69, 9.17) is 9.98 Å². The molecule has 33 heavy (non-hydrogen) atoms. The van der Waals surface area contributed by atoms with Gasteiger partial charge in [0.25, 0.3) is 0 Å². The van der Waals surface area contributed by atoms with Gasteiger partial charge in [0, 0.05) is 6.21 Å². The van der Waals surface area contributed by atoms with E-state index in [0.717, 1.165) is 55.6 Å². The topological polar surface area (TPSA) is 24.7 Å². The number of benzene rings is 2. The van der Waals surface area contributed by atoms with Crippen molar-refractivity contribution in [2.75, 3.05) is 0 Å². The first-order valence-corrected chi connectivity index (χ1v) is 13.5. The smallest absolute Gasteiger partial charge is 0.0636 e. The molecule has 0 aromatic heterocycles. The SMILES string of the molecule is CCCCCC(C=Nc1ccc(CCC)c(CCC)c1)=Nc1ccc(CCC)c(CCC)c1. The molecule has 0 saturated carbocycles. The number of rotatable bonds is 15. The van der Waals surface area contributed by atoms with Crippen molar-refractivity contribution < 1.29 is 0 Å². The summed E-state index contributed by atoms with van der Waals surface area (Å²) >= 11 is 0. The second-order valence-electron chi connectivity index (χ2n) is 9.22. The minimum atomic E-state index is 0.979. The molecule has 180 valence electrons. The van der Waals surface area contributed by atoms with Crippen LogP contribution in [0.1, 0.15) is 108 Å². The monoisotopic (exact) mass is 446 g/mol. The van der Waals surface area contributed by atoms with Gasteiger partial charge in [0.2, 0.25) is 0 Å². The number of unbranched alkanes of at least 4 members (excludes halogenated alkanes) is 2. The molecular weight excluding hydrogens is 400 g/mol. The molecule has 0 saturated heterocycles. The Bertz CT molecular complexity index is 892. The molecule has 0 aliphatic heterocycles. The maximum absolute atomic E-state index is 5.06. The first kappa shape index (κ1) is 27.0. The highest BCUT2D eigenvalue weighted by Crippen LogP contribution is 2.23. The lowest BCUT2D eigenvalue weighted by molar-refractivity contribution is 0.744. The van der Waals surface area contributed by atoms with Crippen LogP contribution in [0.3, 0.4) is 0 Å². The highest BCUT2D eigenvalue weighted by Gasteiger charge is 2.06. The molecule has 0 heterocycles. The number of aliphatic imine (C=N–C) groups is 2. The van der Waals surface area contributed by atoms with Crippen molar-refractivity contribution in [2.45, 2.75) is 112 Å². The fourth-order valence-corrected chi connectivity index (χ4v) is 4.43. The van der Waals surface area contributed by atoms with Gasteiger partial charge in [-0.05, 0) is 85.0 Å². The highest BCUT2D eigenvalue weighted by molar-refractivity contribution is 6.31. The fourth-order valence-electron chi connectivity index (χ4n) is 4.43. The van der Waals surface area contributed by atoms with Crippen LogP contribution >= 0.6 is 0 Å². The molecule has 0 spiro atoms. The molecular formula is C31H46N2. The molecule has 0 amide bonds. The molecule has 2 nitrogen and oxygen atoms in total. The maximum Gasteiger partial charge on any atom is 0.0636 e. The lowest BCUT2D eigenvalue weighted by Crippen LogP contribution is -2.01. The Kier molecular flexibility index (Phi) is 12.8.